The normalized spacial score (nSPS) is 15.6. The number of fused-ring (bicyclic) bond motifs is 4. The van der Waals surface area contributed by atoms with E-state index in [1.165, 1.54) is 33.4 Å². The van der Waals surface area contributed by atoms with Gasteiger partial charge in [0.15, 0.2) is 0 Å². The minimum Gasteiger partial charge on any atom is -0.335 e. The van der Waals surface area contributed by atoms with Gasteiger partial charge in [-0.2, -0.15) is 0 Å². The zero-order chi connectivity index (χ0) is 28.4. The van der Waals surface area contributed by atoms with Gasteiger partial charge in [0.1, 0.15) is 0 Å². The fourth-order valence-corrected chi connectivity index (χ4v) is 5.45. The second-order valence-corrected chi connectivity index (χ2v) is 10.3. The SMILES string of the molecule is C=CC(CC)C1=C(CCC)C(=C)N2Cc3c(nc4ccccc4c3CC)C2=C1.C=CC(N)CC(C)C.CC. The Morgan fingerprint density at radius 3 is 2.29 bits per heavy atom. The van der Waals surface area contributed by atoms with E-state index >= 15 is 0 Å². The second kappa shape index (κ2) is 14.9. The first-order chi connectivity index (χ1) is 18.3. The number of rotatable bonds is 9. The van der Waals surface area contributed by atoms with E-state index in [1.807, 2.05) is 13.8 Å². The molecular weight excluding hydrogens is 462 g/mol. The average Bonchev–Trinajstić information content (AvgIpc) is 3.29. The first kappa shape index (κ1) is 31.3. The highest BCUT2D eigenvalue weighted by Crippen LogP contribution is 2.46. The Hall–Kier alpha value is -2.91. The van der Waals surface area contributed by atoms with Gasteiger partial charge in [-0.15, -0.1) is 13.2 Å². The van der Waals surface area contributed by atoms with Crippen molar-refractivity contribution in [2.45, 2.75) is 93.2 Å². The van der Waals surface area contributed by atoms with Gasteiger partial charge >= 0.3 is 0 Å². The van der Waals surface area contributed by atoms with Crippen LogP contribution in [0.15, 0.2) is 79.1 Å². The zero-order valence-corrected chi connectivity index (χ0v) is 25.1. The van der Waals surface area contributed by atoms with Crippen LogP contribution in [-0.4, -0.2) is 15.9 Å². The van der Waals surface area contributed by atoms with Crippen LogP contribution in [0.5, 0.6) is 0 Å². The Kier molecular flexibility index (Phi) is 12.3. The highest BCUT2D eigenvalue weighted by atomic mass is 15.2. The molecule has 0 bridgehead atoms. The van der Waals surface area contributed by atoms with Gasteiger partial charge in [0.2, 0.25) is 0 Å². The number of aryl methyl sites for hydroxylation is 1. The monoisotopic (exact) mass is 513 g/mol. The van der Waals surface area contributed by atoms with Crippen molar-refractivity contribution in [1.29, 1.82) is 0 Å². The summed E-state index contributed by atoms with van der Waals surface area (Å²) in [6.45, 7) is 28.1. The van der Waals surface area contributed by atoms with E-state index in [2.05, 4.69) is 95.7 Å². The third-order valence-electron chi connectivity index (χ3n) is 7.30. The summed E-state index contributed by atoms with van der Waals surface area (Å²) in [7, 11) is 0. The summed E-state index contributed by atoms with van der Waals surface area (Å²) in [5, 5.41) is 1.29. The summed E-state index contributed by atoms with van der Waals surface area (Å²) in [5.74, 6) is 1.05. The molecule has 2 aliphatic heterocycles. The van der Waals surface area contributed by atoms with Gasteiger partial charge in [0.05, 0.1) is 23.5 Å². The van der Waals surface area contributed by atoms with Crippen molar-refractivity contribution in [3.8, 4) is 0 Å². The van der Waals surface area contributed by atoms with Crippen LogP contribution in [0.4, 0.5) is 0 Å². The van der Waals surface area contributed by atoms with Crippen molar-refractivity contribution < 1.29 is 0 Å². The molecule has 2 aromatic rings. The Morgan fingerprint density at radius 2 is 1.76 bits per heavy atom. The molecular formula is C35H51N3. The Bertz CT molecular complexity index is 1180. The molecule has 2 unspecified atom stereocenters. The van der Waals surface area contributed by atoms with Crippen molar-refractivity contribution in [1.82, 2.24) is 9.88 Å². The van der Waals surface area contributed by atoms with Gasteiger partial charge in [0, 0.05) is 28.6 Å². The van der Waals surface area contributed by atoms with Crippen LogP contribution in [0.1, 0.15) is 91.0 Å². The lowest BCUT2D eigenvalue weighted by atomic mass is 9.85. The van der Waals surface area contributed by atoms with Crippen molar-refractivity contribution in [2.75, 3.05) is 0 Å². The van der Waals surface area contributed by atoms with Crippen LogP contribution in [0, 0.1) is 11.8 Å². The number of allylic oxidation sites excluding steroid dienone is 4. The molecule has 0 fully saturated rings. The first-order valence-electron chi connectivity index (χ1n) is 14.6. The molecule has 0 spiro atoms. The predicted molar refractivity (Wildman–Crippen MR) is 169 cm³/mol. The van der Waals surface area contributed by atoms with E-state index in [0.717, 1.165) is 55.6 Å². The minimum absolute atomic E-state index is 0.190. The van der Waals surface area contributed by atoms with Crippen LogP contribution in [0.3, 0.4) is 0 Å². The van der Waals surface area contributed by atoms with Gasteiger partial charge in [-0.05, 0) is 60.5 Å². The lowest BCUT2D eigenvalue weighted by Crippen LogP contribution is -2.22. The number of nitrogens with zero attached hydrogens (tertiary/aromatic N) is 2. The van der Waals surface area contributed by atoms with Crippen molar-refractivity contribution >= 4 is 16.6 Å². The molecule has 0 saturated heterocycles. The Morgan fingerprint density at radius 1 is 1.08 bits per heavy atom. The second-order valence-electron chi connectivity index (χ2n) is 10.3. The summed E-state index contributed by atoms with van der Waals surface area (Å²) in [6.07, 6.45) is 11.6. The molecule has 0 amide bonds. The van der Waals surface area contributed by atoms with E-state index in [1.54, 1.807) is 6.08 Å². The molecule has 1 aromatic heterocycles. The summed E-state index contributed by atoms with van der Waals surface area (Å²) in [4.78, 5) is 7.49. The third kappa shape index (κ3) is 6.74. The lowest BCUT2D eigenvalue weighted by Gasteiger charge is -2.32. The van der Waals surface area contributed by atoms with E-state index in [0.29, 0.717) is 11.8 Å². The fourth-order valence-electron chi connectivity index (χ4n) is 5.45. The van der Waals surface area contributed by atoms with Gasteiger partial charge in [0.25, 0.3) is 0 Å². The molecule has 1 aromatic carbocycles. The molecule has 38 heavy (non-hydrogen) atoms. The number of para-hydroxylation sites is 1. The quantitative estimate of drug-likeness (QED) is 0.340. The summed E-state index contributed by atoms with van der Waals surface area (Å²) >= 11 is 0. The van der Waals surface area contributed by atoms with Gasteiger partial charge < -0.3 is 10.6 Å². The van der Waals surface area contributed by atoms with Crippen molar-refractivity contribution in [3.05, 3.63) is 95.9 Å². The highest BCUT2D eigenvalue weighted by molar-refractivity contribution is 5.88. The van der Waals surface area contributed by atoms with Crippen LogP contribution >= 0.6 is 0 Å². The third-order valence-corrected chi connectivity index (χ3v) is 7.30. The molecule has 3 heteroatoms. The lowest BCUT2D eigenvalue weighted by molar-refractivity contribution is 0.499. The molecule has 0 aliphatic carbocycles. The van der Waals surface area contributed by atoms with Crippen molar-refractivity contribution in [3.63, 3.8) is 0 Å². The Balaban J connectivity index is 0.000000437. The number of hydrogen-bond donors (Lipinski definition) is 1. The van der Waals surface area contributed by atoms with Crippen LogP contribution in [0.25, 0.3) is 16.6 Å². The van der Waals surface area contributed by atoms with Crippen LogP contribution in [-0.2, 0) is 13.0 Å². The molecule has 2 aliphatic rings. The molecule has 3 nitrogen and oxygen atoms in total. The maximum absolute atomic E-state index is 5.56. The molecule has 2 N–H and O–H groups in total. The Labute approximate surface area is 232 Å². The number of benzene rings is 1. The van der Waals surface area contributed by atoms with Gasteiger partial charge in [-0.25, -0.2) is 4.98 Å². The van der Waals surface area contributed by atoms with E-state index in [9.17, 15) is 0 Å². The fraction of sp³-hybridized carbons (Fsp3) is 0.457. The topological polar surface area (TPSA) is 42.2 Å². The van der Waals surface area contributed by atoms with E-state index in [4.69, 9.17) is 10.7 Å². The first-order valence-corrected chi connectivity index (χ1v) is 14.6. The van der Waals surface area contributed by atoms with Crippen LogP contribution < -0.4 is 5.73 Å². The zero-order valence-electron chi connectivity index (χ0n) is 25.1. The predicted octanol–water partition coefficient (Wildman–Crippen LogP) is 9.36. The number of pyridine rings is 1. The maximum atomic E-state index is 5.56. The number of nitrogens with two attached hydrogens (primary N) is 1. The van der Waals surface area contributed by atoms with E-state index < -0.39 is 0 Å². The number of hydrogen-bond acceptors (Lipinski definition) is 3. The summed E-state index contributed by atoms with van der Waals surface area (Å²) in [5.41, 5.74) is 15.7. The van der Waals surface area contributed by atoms with Crippen LogP contribution in [0.2, 0.25) is 0 Å². The average molecular weight is 514 g/mol. The maximum Gasteiger partial charge on any atom is 0.0927 e. The largest absolute Gasteiger partial charge is 0.335 e. The summed E-state index contributed by atoms with van der Waals surface area (Å²) in [6, 6.07) is 8.73. The molecule has 0 saturated carbocycles. The molecule has 2 atom stereocenters. The van der Waals surface area contributed by atoms with Gasteiger partial charge in [-0.3, -0.25) is 0 Å². The molecule has 206 valence electrons. The van der Waals surface area contributed by atoms with Crippen molar-refractivity contribution in [2.24, 2.45) is 17.6 Å². The molecule has 3 heterocycles. The smallest absolute Gasteiger partial charge is 0.0927 e. The number of aromatic nitrogens is 1. The van der Waals surface area contributed by atoms with E-state index in [-0.39, 0.29) is 6.04 Å². The highest BCUT2D eigenvalue weighted by Gasteiger charge is 2.35. The molecule has 4 rings (SSSR count). The standard InChI is InChI=1S/C26H30N2.C7H15N.C2H6/c1-6-12-20-17(5)28-16-23-19(9-4)21-13-10-11-14-24(21)27-26(23)25(28)15-22(20)18(7-2)8-3;1-4-7(8)5-6(2)3;1-2/h7,10-11,13-15,18H,2,5-6,8-9,12,16H2,1,3-4H3;4,6-7H,1,5,8H2,2-3H3;1-2H3. The molecule has 0 radical (unpaired) electrons. The summed E-state index contributed by atoms with van der Waals surface area (Å²) < 4.78 is 0. The minimum atomic E-state index is 0.190. The van der Waals surface area contributed by atoms with Gasteiger partial charge in [-0.1, -0.05) is 91.8 Å².